The van der Waals surface area contributed by atoms with Crippen LogP contribution in [0.3, 0.4) is 0 Å². The smallest absolute Gasteiger partial charge is 0.379 e. The maximum absolute atomic E-state index is 13.0. The molecule has 1 aliphatic carbocycles. The molecule has 0 fully saturated rings. The van der Waals surface area contributed by atoms with Gasteiger partial charge in [0.05, 0.1) is 22.9 Å². The van der Waals surface area contributed by atoms with E-state index < -0.39 is 5.97 Å². The molecule has 0 saturated carbocycles. The lowest BCUT2D eigenvalue weighted by Gasteiger charge is -2.13. The minimum absolute atomic E-state index is 0.114. The molecule has 0 radical (unpaired) electrons. The lowest BCUT2D eigenvalue weighted by Crippen LogP contribution is -2.22. The molecule has 1 N–H and O–H groups in total. The standard InChI is InChI=1S/C29H21BrN4O4/c1-17-26-24(33-34-28(35)21-13-22(30)16-32-15-21)3-2-4-25(26)38-27(17)29(36)37-23-11-9-20(10-12-23)19-7-5-18(14-31)6-8-19/h5-13,15-16H,2-4H2,1H3,(H,34,35)/b33-24+. The number of nitrogens with zero attached hydrogens (tertiary/aromatic N) is 3. The Bertz CT molecular complexity index is 1600. The molecule has 8 nitrogen and oxygen atoms in total. The van der Waals surface area contributed by atoms with Crippen molar-refractivity contribution >= 4 is 33.5 Å². The Morgan fingerprint density at radius 1 is 1.08 bits per heavy atom. The largest absolute Gasteiger partial charge is 0.453 e. The Kier molecular flexibility index (Phi) is 7.15. The van der Waals surface area contributed by atoms with Crippen LogP contribution in [0.4, 0.5) is 0 Å². The molecule has 0 spiro atoms. The maximum Gasteiger partial charge on any atom is 0.379 e. The summed E-state index contributed by atoms with van der Waals surface area (Å²) in [6.07, 6.45) is 5.12. The van der Waals surface area contributed by atoms with E-state index in [-0.39, 0.29) is 11.7 Å². The third-order valence-electron chi connectivity index (χ3n) is 6.18. The first-order chi connectivity index (χ1) is 18.4. The SMILES string of the molecule is Cc1c(C(=O)Oc2ccc(-c3ccc(C#N)cc3)cc2)oc2c1/C(=N/NC(=O)c1cncc(Br)c1)CCC2. The van der Waals surface area contributed by atoms with Gasteiger partial charge in [0, 0.05) is 34.4 Å². The Morgan fingerprint density at radius 2 is 1.79 bits per heavy atom. The first kappa shape index (κ1) is 25.1. The Morgan fingerprint density at radius 3 is 2.47 bits per heavy atom. The zero-order chi connectivity index (χ0) is 26.6. The lowest BCUT2D eigenvalue weighted by molar-refractivity contribution is 0.0698. The van der Waals surface area contributed by atoms with Gasteiger partial charge in [0.25, 0.3) is 5.91 Å². The van der Waals surface area contributed by atoms with Crippen LogP contribution in [0.1, 0.15) is 56.2 Å². The predicted octanol–water partition coefficient (Wildman–Crippen LogP) is 5.97. The number of amides is 1. The normalized spacial score (nSPS) is 13.4. The summed E-state index contributed by atoms with van der Waals surface area (Å²) >= 11 is 3.30. The molecule has 2 heterocycles. The number of nitriles is 1. The molecule has 0 aliphatic heterocycles. The molecule has 2 aromatic heterocycles. The summed E-state index contributed by atoms with van der Waals surface area (Å²) in [6, 6.07) is 18.1. The summed E-state index contributed by atoms with van der Waals surface area (Å²) in [5, 5.41) is 13.3. The molecule has 5 rings (SSSR count). The fourth-order valence-electron chi connectivity index (χ4n) is 4.30. The van der Waals surface area contributed by atoms with E-state index in [1.165, 1.54) is 6.20 Å². The number of hydrazone groups is 1. The van der Waals surface area contributed by atoms with Gasteiger partial charge in [-0.1, -0.05) is 24.3 Å². The van der Waals surface area contributed by atoms with Gasteiger partial charge in [0.15, 0.2) is 0 Å². The summed E-state index contributed by atoms with van der Waals surface area (Å²) in [7, 11) is 0. The van der Waals surface area contributed by atoms with Crippen LogP contribution in [0.5, 0.6) is 5.75 Å². The number of carbonyl (C=O) groups excluding carboxylic acids is 2. The van der Waals surface area contributed by atoms with E-state index in [1.54, 1.807) is 43.5 Å². The lowest BCUT2D eigenvalue weighted by atomic mass is 9.93. The number of carbonyl (C=O) groups is 2. The van der Waals surface area contributed by atoms with Crippen LogP contribution in [-0.2, 0) is 6.42 Å². The summed E-state index contributed by atoms with van der Waals surface area (Å²) in [6.45, 7) is 1.79. The van der Waals surface area contributed by atoms with Crippen molar-refractivity contribution in [2.75, 3.05) is 0 Å². The third kappa shape index (κ3) is 5.26. The van der Waals surface area contributed by atoms with Crippen LogP contribution in [0.15, 0.2) is 81.0 Å². The number of rotatable bonds is 5. The minimum Gasteiger partial charge on any atom is -0.453 e. The second-order valence-corrected chi connectivity index (χ2v) is 9.62. The van der Waals surface area contributed by atoms with Crippen molar-refractivity contribution < 1.29 is 18.7 Å². The van der Waals surface area contributed by atoms with Gasteiger partial charge in [0.1, 0.15) is 11.5 Å². The highest BCUT2D eigenvalue weighted by molar-refractivity contribution is 9.10. The number of hydrogen-bond acceptors (Lipinski definition) is 7. The predicted molar refractivity (Wildman–Crippen MR) is 144 cm³/mol. The fraction of sp³-hybridized carbons (Fsp3) is 0.138. The van der Waals surface area contributed by atoms with Gasteiger partial charge in [-0.2, -0.15) is 10.4 Å². The second kappa shape index (κ2) is 10.8. The summed E-state index contributed by atoms with van der Waals surface area (Å²) in [5.41, 5.74) is 7.43. The number of fused-ring (bicyclic) bond motifs is 1. The number of hydrogen-bond donors (Lipinski definition) is 1. The van der Waals surface area contributed by atoms with E-state index in [9.17, 15) is 9.59 Å². The highest BCUT2D eigenvalue weighted by atomic mass is 79.9. The number of aromatic nitrogens is 1. The van der Waals surface area contributed by atoms with E-state index >= 15 is 0 Å². The van der Waals surface area contributed by atoms with E-state index in [1.807, 2.05) is 24.3 Å². The number of ether oxygens (including phenoxy) is 1. The quantitative estimate of drug-likeness (QED) is 0.180. The Labute approximate surface area is 227 Å². The first-order valence-corrected chi connectivity index (χ1v) is 12.6. The van der Waals surface area contributed by atoms with Crippen molar-refractivity contribution in [2.24, 2.45) is 5.10 Å². The molecule has 9 heteroatoms. The number of nitrogens with one attached hydrogen (secondary N) is 1. The van der Waals surface area contributed by atoms with E-state index in [0.29, 0.717) is 51.2 Å². The maximum atomic E-state index is 13.0. The second-order valence-electron chi connectivity index (χ2n) is 8.70. The zero-order valence-electron chi connectivity index (χ0n) is 20.3. The molecule has 0 atom stereocenters. The van der Waals surface area contributed by atoms with Crippen LogP contribution >= 0.6 is 15.9 Å². The zero-order valence-corrected chi connectivity index (χ0v) is 21.9. The van der Waals surface area contributed by atoms with E-state index in [0.717, 1.165) is 23.1 Å². The number of pyridine rings is 1. The molecule has 1 amide bonds. The number of aryl methyl sites for hydroxylation is 1. The van der Waals surface area contributed by atoms with Crippen LogP contribution < -0.4 is 10.2 Å². The molecule has 0 unspecified atom stereocenters. The first-order valence-electron chi connectivity index (χ1n) is 11.9. The van der Waals surface area contributed by atoms with Gasteiger partial charge < -0.3 is 9.15 Å². The van der Waals surface area contributed by atoms with Crippen molar-refractivity contribution in [3.63, 3.8) is 0 Å². The average Bonchev–Trinajstić information content (AvgIpc) is 3.29. The highest BCUT2D eigenvalue weighted by Crippen LogP contribution is 2.31. The van der Waals surface area contributed by atoms with Gasteiger partial charge in [-0.25, -0.2) is 10.2 Å². The van der Waals surface area contributed by atoms with Gasteiger partial charge in [-0.15, -0.1) is 0 Å². The van der Waals surface area contributed by atoms with Crippen LogP contribution in [-0.4, -0.2) is 22.6 Å². The number of halogens is 1. The van der Waals surface area contributed by atoms with E-state index in [4.69, 9.17) is 14.4 Å². The average molecular weight is 569 g/mol. The molecule has 1 aliphatic rings. The third-order valence-corrected chi connectivity index (χ3v) is 6.62. The molecule has 38 heavy (non-hydrogen) atoms. The van der Waals surface area contributed by atoms with Gasteiger partial charge in [-0.3, -0.25) is 9.78 Å². The number of furan rings is 1. The fourth-order valence-corrected chi connectivity index (χ4v) is 4.66. The molecule has 4 aromatic rings. The summed E-state index contributed by atoms with van der Waals surface area (Å²) in [4.78, 5) is 29.5. The van der Waals surface area contributed by atoms with Crippen molar-refractivity contribution in [1.29, 1.82) is 5.26 Å². The highest BCUT2D eigenvalue weighted by Gasteiger charge is 2.29. The van der Waals surface area contributed by atoms with Crippen molar-refractivity contribution in [2.45, 2.75) is 26.2 Å². The Hall–Kier alpha value is -4.55. The molecule has 0 saturated heterocycles. The summed E-state index contributed by atoms with van der Waals surface area (Å²) < 4.78 is 12.2. The summed E-state index contributed by atoms with van der Waals surface area (Å²) in [5.74, 6) is 0.150. The van der Waals surface area contributed by atoms with Gasteiger partial charge in [0.2, 0.25) is 5.76 Å². The van der Waals surface area contributed by atoms with Gasteiger partial charge >= 0.3 is 5.97 Å². The van der Waals surface area contributed by atoms with Crippen LogP contribution in [0.25, 0.3) is 11.1 Å². The molecule has 188 valence electrons. The van der Waals surface area contributed by atoms with E-state index in [2.05, 4.69) is 37.5 Å². The molecular weight excluding hydrogens is 548 g/mol. The monoisotopic (exact) mass is 568 g/mol. The van der Waals surface area contributed by atoms with Gasteiger partial charge in [-0.05, 0) is 77.2 Å². The van der Waals surface area contributed by atoms with Crippen molar-refractivity contribution in [3.8, 4) is 22.9 Å². The molecular formula is C29H21BrN4O4. The minimum atomic E-state index is -0.605. The van der Waals surface area contributed by atoms with Crippen molar-refractivity contribution in [3.05, 3.63) is 105 Å². The Balaban J connectivity index is 1.31. The molecule has 0 bridgehead atoms. The van der Waals surface area contributed by atoms with Crippen molar-refractivity contribution in [1.82, 2.24) is 10.4 Å². The number of benzene rings is 2. The van der Waals surface area contributed by atoms with Crippen LogP contribution in [0.2, 0.25) is 0 Å². The molecule has 2 aromatic carbocycles. The van der Waals surface area contributed by atoms with Crippen LogP contribution in [0, 0.1) is 18.3 Å². The number of esters is 1. The topological polar surface area (TPSA) is 118 Å².